The smallest absolute Gasteiger partial charge is 0.303 e. The van der Waals surface area contributed by atoms with E-state index < -0.39 is 101 Å². The third kappa shape index (κ3) is 13.7. The van der Waals surface area contributed by atoms with Crippen molar-refractivity contribution in [1.82, 2.24) is 4.90 Å². The molecule has 0 spiro atoms. The number of benzene rings is 5. The van der Waals surface area contributed by atoms with Crippen molar-refractivity contribution >= 4 is 64.5 Å². The number of carbonyl (C=O) groups is 4. The fourth-order valence-electron chi connectivity index (χ4n) is 8.76. The number of fused-ring (bicyclic) bond motifs is 1. The summed E-state index contributed by atoms with van der Waals surface area (Å²) >= 11 is 18.5. The summed E-state index contributed by atoms with van der Waals surface area (Å²) in [6.07, 6.45) is -12.5. The Hall–Kier alpha value is -5.76. The first-order valence-corrected chi connectivity index (χ1v) is 24.5. The first kappa shape index (κ1) is 53.5. The number of hydrogen-bond donors (Lipinski definition) is 1. The van der Waals surface area contributed by atoms with E-state index in [1.807, 2.05) is 121 Å². The molecule has 3 heterocycles. The van der Waals surface area contributed by atoms with Gasteiger partial charge in [0, 0.05) is 13.8 Å². The van der Waals surface area contributed by atoms with Crippen LogP contribution in [0.3, 0.4) is 0 Å². The van der Waals surface area contributed by atoms with Gasteiger partial charge in [-0.2, -0.15) is 0 Å². The van der Waals surface area contributed by atoms with Gasteiger partial charge in [0.15, 0.2) is 12.4 Å². The Kier molecular flexibility index (Phi) is 18.3. The molecule has 2 fully saturated rings. The number of hydrogen-bond acceptors (Lipinski definition) is 15. The lowest BCUT2D eigenvalue weighted by atomic mass is 9.93. The Balaban J connectivity index is 1.27. The van der Waals surface area contributed by atoms with E-state index in [0.717, 1.165) is 41.0 Å². The molecule has 5 aromatic carbocycles. The second-order valence-corrected chi connectivity index (χ2v) is 19.6. The van der Waals surface area contributed by atoms with Crippen LogP contribution in [0.1, 0.15) is 56.8 Å². The first-order chi connectivity index (χ1) is 35.2. The van der Waals surface area contributed by atoms with E-state index in [9.17, 15) is 19.2 Å². The molecule has 0 unspecified atom stereocenters. The second-order valence-electron chi connectivity index (χ2n) is 17.3. The van der Waals surface area contributed by atoms with Gasteiger partial charge in [-0.25, -0.2) is 0 Å². The number of imide groups is 1. The topological polar surface area (TPSA) is 188 Å². The molecule has 73 heavy (non-hydrogen) atoms. The lowest BCUT2D eigenvalue weighted by molar-refractivity contribution is -0.359. The Labute approximate surface area is 437 Å². The number of esters is 2. The molecule has 0 saturated carbocycles. The average molecular weight is 1060 g/mol. The summed E-state index contributed by atoms with van der Waals surface area (Å²) in [5.41, 5.74) is 3.37. The highest BCUT2D eigenvalue weighted by atomic mass is 35.6. The second kappa shape index (κ2) is 25.0. The van der Waals surface area contributed by atoms with Gasteiger partial charge in [-0.15, -0.1) is 0 Å². The molecule has 0 bridgehead atoms. The number of nitrogens with one attached hydrogen (secondary N) is 1. The molecule has 3 aliphatic heterocycles. The number of ether oxygens (including phenoxy) is 10. The third-order valence-electron chi connectivity index (χ3n) is 12.1. The molecular formula is C54H53Cl3N2O14. The molecule has 5 aromatic rings. The Bertz CT molecular complexity index is 2610. The molecule has 0 aliphatic carbocycles. The number of alkyl halides is 3. The molecule has 8 rings (SSSR count). The highest BCUT2D eigenvalue weighted by Gasteiger charge is 2.60. The van der Waals surface area contributed by atoms with Crippen molar-refractivity contribution in [2.24, 2.45) is 0 Å². The third-order valence-corrected chi connectivity index (χ3v) is 12.6. The van der Waals surface area contributed by atoms with Gasteiger partial charge in [0.25, 0.3) is 15.6 Å². The number of carbonyl (C=O) groups excluding carboxylic acids is 4. The maximum Gasteiger partial charge on any atom is 0.303 e. The average Bonchev–Trinajstić information content (AvgIpc) is 3.63. The van der Waals surface area contributed by atoms with Crippen LogP contribution in [0.25, 0.3) is 0 Å². The van der Waals surface area contributed by atoms with E-state index in [-0.39, 0.29) is 44.2 Å². The molecular weight excluding hydrogens is 1010 g/mol. The van der Waals surface area contributed by atoms with Gasteiger partial charge in [0.1, 0.15) is 49.3 Å². The predicted molar refractivity (Wildman–Crippen MR) is 265 cm³/mol. The van der Waals surface area contributed by atoms with Crippen molar-refractivity contribution in [3.05, 3.63) is 179 Å². The van der Waals surface area contributed by atoms with Gasteiger partial charge in [0.2, 0.25) is 12.2 Å². The number of rotatable bonds is 20. The van der Waals surface area contributed by atoms with E-state index in [1.54, 1.807) is 12.1 Å². The normalized spacial score (nSPS) is 24.9. The molecule has 19 heteroatoms. The predicted octanol–water partition coefficient (Wildman–Crippen LogP) is 8.32. The lowest BCUT2D eigenvalue weighted by Gasteiger charge is -2.51. The molecule has 2 saturated heterocycles. The van der Waals surface area contributed by atoms with Gasteiger partial charge in [0.05, 0.1) is 44.2 Å². The van der Waals surface area contributed by atoms with Gasteiger partial charge in [-0.3, -0.25) is 29.5 Å². The molecule has 0 aromatic heterocycles. The molecule has 0 radical (unpaired) electrons. The van der Waals surface area contributed by atoms with Gasteiger partial charge in [-0.05, 0) is 34.4 Å². The van der Waals surface area contributed by atoms with E-state index in [1.165, 1.54) is 12.1 Å². The Morgan fingerprint density at radius 2 is 0.973 bits per heavy atom. The van der Waals surface area contributed by atoms with E-state index in [2.05, 4.69) is 0 Å². The number of halogens is 3. The Morgan fingerprint density at radius 3 is 1.45 bits per heavy atom. The largest absolute Gasteiger partial charge is 0.463 e. The molecule has 16 nitrogen and oxygen atoms in total. The maximum atomic E-state index is 14.6. The van der Waals surface area contributed by atoms with Crippen LogP contribution in [-0.2, 0) is 83.4 Å². The van der Waals surface area contributed by atoms with Gasteiger partial charge in [-0.1, -0.05) is 168 Å². The van der Waals surface area contributed by atoms with Crippen molar-refractivity contribution in [2.45, 2.75) is 105 Å². The fraction of sp³-hybridized carbons (Fsp3) is 0.352. The van der Waals surface area contributed by atoms with Crippen molar-refractivity contribution in [3.8, 4) is 0 Å². The van der Waals surface area contributed by atoms with Crippen molar-refractivity contribution in [2.75, 3.05) is 13.2 Å². The monoisotopic (exact) mass is 1060 g/mol. The fourth-order valence-corrected chi connectivity index (χ4v) is 8.89. The van der Waals surface area contributed by atoms with Crippen LogP contribution < -0.4 is 0 Å². The van der Waals surface area contributed by atoms with E-state index >= 15 is 0 Å². The van der Waals surface area contributed by atoms with Crippen LogP contribution in [0.4, 0.5) is 0 Å². The summed E-state index contributed by atoms with van der Waals surface area (Å²) < 4.78 is 62.4. The van der Waals surface area contributed by atoms with Crippen LogP contribution in [0.15, 0.2) is 146 Å². The summed E-state index contributed by atoms with van der Waals surface area (Å²) in [7, 11) is 0. The van der Waals surface area contributed by atoms with Crippen molar-refractivity contribution < 1.29 is 66.5 Å². The summed E-state index contributed by atoms with van der Waals surface area (Å²) in [5.74, 6) is -4.19. The highest BCUT2D eigenvalue weighted by Crippen LogP contribution is 2.40. The summed E-state index contributed by atoms with van der Waals surface area (Å²) in [6.45, 7) is 1.97. The quantitative estimate of drug-likeness (QED) is 0.0258. The molecule has 10 atom stereocenters. The standard InChI is InChI=1S/C54H53Cl3N2O14/c1-33(60)65-32-42-45(69-34(2)61)46(43(51(70-42)73-53(58)54(55,56)57)59-49(62)39-25-15-16-26-40(39)50(59)63)72-52-48(68-30-38-23-13-6-14-24-38)47(67-29-37-21-11-5-12-22-37)44(66-28-36-19-9-4-10-20-36)41(71-52)31-64-27-35-17-7-3-8-18-35/h3-26,41-48,51-52,58H,27-32H2,1-2H3/t41-,42-,43-,44+,45-,46-,47+,48-,51+,52-/m1/s1. The molecule has 2 amide bonds. The number of amides is 2. The van der Waals surface area contributed by atoms with Gasteiger partial charge < -0.3 is 47.4 Å². The van der Waals surface area contributed by atoms with E-state index in [0.29, 0.717) is 0 Å². The van der Waals surface area contributed by atoms with Crippen LogP contribution in [0.2, 0.25) is 0 Å². The van der Waals surface area contributed by atoms with Crippen molar-refractivity contribution in [1.29, 1.82) is 5.41 Å². The van der Waals surface area contributed by atoms with Gasteiger partial charge >= 0.3 is 11.9 Å². The maximum absolute atomic E-state index is 14.6. The van der Waals surface area contributed by atoms with Crippen LogP contribution in [-0.4, -0.2) is 113 Å². The zero-order valence-corrected chi connectivity index (χ0v) is 41.9. The molecule has 3 aliphatic rings. The summed E-state index contributed by atoms with van der Waals surface area (Å²) in [6, 6.07) is 42.2. The number of nitrogens with zero attached hydrogens (tertiary/aromatic N) is 1. The molecule has 384 valence electrons. The van der Waals surface area contributed by atoms with E-state index in [4.69, 9.17) is 87.6 Å². The zero-order valence-electron chi connectivity index (χ0n) is 39.7. The molecule has 1 N–H and O–H groups in total. The Morgan fingerprint density at radius 1 is 0.534 bits per heavy atom. The zero-order chi connectivity index (χ0) is 51.5. The van der Waals surface area contributed by atoms with Crippen LogP contribution in [0.5, 0.6) is 0 Å². The van der Waals surface area contributed by atoms with Crippen LogP contribution >= 0.6 is 34.8 Å². The minimum Gasteiger partial charge on any atom is -0.463 e. The SMILES string of the molecule is CC(=O)OC[C@H]1O[C@@H](OC(=N)C(Cl)(Cl)Cl)[C@H](N2C(=O)c3ccccc3C2=O)[C@@H](O[C@H]2O[C@H](COCc3ccccc3)[C@H](OCc3ccccc3)[C@H](OCc3ccccc3)[C@H]2OCc2ccccc2)[C@@H]1OC(C)=O. The van der Waals surface area contributed by atoms with Crippen LogP contribution in [0, 0.1) is 5.41 Å². The lowest BCUT2D eigenvalue weighted by Crippen LogP contribution is -2.70. The highest BCUT2D eigenvalue weighted by molar-refractivity contribution is 6.76. The van der Waals surface area contributed by atoms with Crippen molar-refractivity contribution in [3.63, 3.8) is 0 Å². The minimum atomic E-state index is -2.49. The first-order valence-electron chi connectivity index (χ1n) is 23.4. The minimum absolute atomic E-state index is 0.00921. The summed E-state index contributed by atoms with van der Waals surface area (Å²) in [4.78, 5) is 55.8. The summed E-state index contributed by atoms with van der Waals surface area (Å²) in [5, 5.41) is 8.69.